The van der Waals surface area contributed by atoms with Gasteiger partial charge in [0.15, 0.2) is 11.0 Å². The Morgan fingerprint density at radius 3 is 2.72 bits per heavy atom. The van der Waals surface area contributed by atoms with E-state index >= 15 is 0 Å². The summed E-state index contributed by atoms with van der Waals surface area (Å²) in [5.41, 5.74) is 5.20. The number of benzene rings is 1. The van der Waals surface area contributed by atoms with Gasteiger partial charge in [-0.05, 0) is 17.5 Å². The Hall–Kier alpha value is -3.25. The van der Waals surface area contributed by atoms with Crippen molar-refractivity contribution in [2.45, 2.75) is 18.1 Å². The van der Waals surface area contributed by atoms with Gasteiger partial charge in [0.05, 0.1) is 15.6 Å². The summed E-state index contributed by atoms with van der Waals surface area (Å²) in [7, 11) is 0. The number of anilines is 1. The second kappa shape index (κ2) is 9.30. The number of nitrogens with one attached hydrogen (secondary N) is 1. The number of nitro groups is 1. The molecule has 12 heteroatoms. The summed E-state index contributed by atoms with van der Waals surface area (Å²) in [6.07, 6.45) is 0.104. The lowest BCUT2D eigenvalue weighted by molar-refractivity contribution is -0.383. The normalized spacial score (nSPS) is 10.6. The molecule has 0 radical (unpaired) electrons. The van der Waals surface area contributed by atoms with E-state index in [-0.39, 0.29) is 30.1 Å². The molecule has 0 fully saturated rings. The number of rotatable bonds is 9. The fraction of sp³-hybridized carbons (Fsp3) is 0.176. The number of hydrogen-bond acceptors (Lipinski definition) is 8. The third-order valence-electron chi connectivity index (χ3n) is 3.75. The molecule has 0 saturated carbocycles. The highest BCUT2D eigenvalue weighted by Crippen LogP contribution is 2.28. The van der Waals surface area contributed by atoms with Crippen LogP contribution in [-0.4, -0.2) is 37.3 Å². The molecule has 0 bridgehead atoms. The van der Waals surface area contributed by atoms with E-state index in [1.807, 2.05) is 17.5 Å². The van der Waals surface area contributed by atoms with E-state index in [0.29, 0.717) is 11.0 Å². The van der Waals surface area contributed by atoms with Gasteiger partial charge >= 0.3 is 0 Å². The van der Waals surface area contributed by atoms with Crippen LogP contribution < -0.4 is 11.1 Å². The molecule has 3 N–H and O–H groups in total. The maximum Gasteiger partial charge on any atom is 0.292 e. The highest BCUT2D eigenvalue weighted by molar-refractivity contribution is 7.99. The van der Waals surface area contributed by atoms with Crippen molar-refractivity contribution in [1.29, 1.82) is 0 Å². The molecule has 0 aliphatic heterocycles. The van der Waals surface area contributed by atoms with Crippen LogP contribution in [0.1, 0.15) is 6.42 Å². The number of amides is 2. The highest BCUT2D eigenvalue weighted by Gasteiger charge is 2.18. The predicted octanol–water partition coefficient (Wildman–Crippen LogP) is 2.52. The number of carbonyl (C=O) groups excluding carboxylic acids is 2. The van der Waals surface area contributed by atoms with Gasteiger partial charge in [-0.25, -0.2) is 0 Å². The first kappa shape index (κ1) is 20.5. The third kappa shape index (κ3) is 5.18. The summed E-state index contributed by atoms with van der Waals surface area (Å²) < 4.78 is 1.74. The Labute approximate surface area is 173 Å². The van der Waals surface area contributed by atoms with Crippen LogP contribution in [0.4, 0.5) is 11.4 Å². The minimum absolute atomic E-state index is 0.0365. The van der Waals surface area contributed by atoms with Gasteiger partial charge in [-0.15, -0.1) is 21.5 Å². The van der Waals surface area contributed by atoms with Gasteiger partial charge < -0.3 is 15.6 Å². The Bertz CT molecular complexity index is 1030. The first-order valence-electron chi connectivity index (χ1n) is 8.37. The minimum Gasteiger partial charge on any atom is -0.370 e. The van der Waals surface area contributed by atoms with Gasteiger partial charge in [0, 0.05) is 19.0 Å². The summed E-state index contributed by atoms with van der Waals surface area (Å²) in [6, 6.07) is 9.66. The summed E-state index contributed by atoms with van der Waals surface area (Å²) >= 11 is 2.59. The number of thioether (sulfide) groups is 1. The lowest BCUT2D eigenvalue weighted by Crippen LogP contribution is -2.17. The van der Waals surface area contributed by atoms with Gasteiger partial charge in [0.25, 0.3) is 5.69 Å². The standard InChI is InChI=1S/C17H16N6O4S2/c18-14(24)7-8-22-16(13-6-3-9-28-13)20-21-17(22)29-10-15(25)19-11-4-1-2-5-12(11)23(26)27/h1-6,9H,7-8,10H2,(H2,18,24)(H,19,25). The number of nitrogens with two attached hydrogens (primary N) is 1. The lowest BCUT2D eigenvalue weighted by Gasteiger charge is -2.09. The number of primary amides is 1. The van der Waals surface area contributed by atoms with Gasteiger partial charge in [0.1, 0.15) is 5.69 Å². The molecular weight excluding hydrogens is 416 g/mol. The average molecular weight is 432 g/mol. The molecule has 0 aliphatic carbocycles. The smallest absolute Gasteiger partial charge is 0.292 e. The highest BCUT2D eigenvalue weighted by atomic mass is 32.2. The molecule has 0 unspecified atom stereocenters. The van der Waals surface area contributed by atoms with Crippen LogP contribution in [-0.2, 0) is 16.1 Å². The van der Waals surface area contributed by atoms with Crippen molar-refractivity contribution >= 4 is 46.3 Å². The summed E-state index contributed by atoms with van der Waals surface area (Å²) in [6.45, 7) is 0.281. The van der Waals surface area contributed by atoms with Crippen molar-refractivity contribution in [2.75, 3.05) is 11.1 Å². The Morgan fingerprint density at radius 1 is 1.24 bits per heavy atom. The zero-order valence-electron chi connectivity index (χ0n) is 15.0. The van der Waals surface area contributed by atoms with E-state index in [0.717, 1.165) is 16.6 Å². The molecule has 29 heavy (non-hydrogen) atoms. The zero-order chi connectivity index (χ0) is 20.8. The van der Waals surface area contributed by atoms with E-state index in [2.05, 4.69) is 15.5 Å². The van der Waals surface area contributed by atoms with Crippen molar-refractivity contribution in [3.63, 3.8) is 0 Å². The first-order chi connectivity index (χ1) is 14.0. The van der Waals surface area contributed by atoms with E-state index in [9.17, 15) is 19.7 Å². The van der Waals surface area contributed by atoms with Gasteiger partial charge in [-0.2, -0.15) is 0 Å². The zero-order valence-corrected chi connectivity index (χ0v) is 16.6. The van der Waals surface area contributed by atoms with Crippen molar-refractivity contribution in [3.05, 3.63) is 51.9 Å². The molecule has 0 atom stereocenters. The van der Waals surface area contributed by atoms with Crippen LogP contribution in [0, 0.1) is 10.1 Å². The molecule has 1 aromatic carbocycles. The SMILES string of the molecule is NC(=O)CCn1c(SCC(=O)Nc2ccccc2[N+](=O)[O-])nnc1-c1cccs1. The number of thiophene rings is 1. The first-order valence-corrected chi connectivity index (χ1v) is 10.2. The Morgan fingerprint density at radius 2 is 2.03 bits per heavy atom. The van der Waals surface area contributed by atoms with E-state index in [4.69, 9.17) is 5.73 Å². The monoisotopic (exact) mass is 432 g/mol. The quantitative estimate of drug-likeness (QED) is 0.300. The fourth-order valence-corrected chi connectivity index (χ4v) is 3.94. The van der Waals surface area contributed by atoms with Crippen LogP contribution in [0.15, 0.2) is 46.9 Å². The molecular formula is C17H16N6O4S2. The Balaban J connectivity index is 1.72. The maximum absolute atomic E-state index is 12.3. The number of carbonyl (C=O) groups is 2. The van der Waals surface area contributed by atoms with Crippen molar-refractivity contribution in [1.82, 2.24) is 14.8 Å². The maximum atomic E-state index is 12.3. The third-order valence-corrected chi connectivity index (χ3v) is 5.58. The molecule has 2 heterocycles. The van der Waals surface area contributed by atoms with Gasteiger partial charge in [-0.1, -0.05) is 30.0 Å². The lowest BCUT2D eigenvalue weighted by atomic mass is 10.2. The molecule has 0 saturated heterocycles. The second-order valence-corrected chi connectivity index (χ2v) is 7.65. The fourth-order valence-electron chi connectivity index (χ4n) is 2.46. The van der Waals surface area contributed by atoms with Crippen LogP contribution in [0.25, 0.3) is 10.7 Å². The number of para-hydroxylation sites is 2. The predicted molar refractivity (Wildman–Crippen MR) is 110 cm³/mol. The number of nitro benzene ring substituents is 1. The molecule has 3 rings (SSSR count). The Kier molecular flexibility index (Phi) is 6.57. The van der Waals surface area contributed by atoms with E-state index in [1.165, 1.54) is 29.5 Å². The van der Waals surface area contributed by atoms with E-state index in [1.54, 1.807) is 10.6 Å². The van der Waals surface area contributed by atoms with E-state index < -0.39 is 16.7 Å². The van der Waals surface area contributed by atoms with Gasteiger partial charge in [0.2, 0.25) is 11.8 Å². The van der Waals surface area contributed by atoms with Crippen LogP contribution in [0.2, 0.25) is 0 Å². The molecule has 0 spiro atoms. The van der Waals surface area contributed by atoms with Crippen LogP contribution in [0.5, 0.6) is 0 Å². The number of nitrogens with zero attached hydrogens (tertiary/aromatic N) is 4. The number of aromatic nitrogens is 3. The summed E-state index contributed by atoms with van der Waals surface area (Å²) in [5, 5.41) is 24.2. The molecule has 3 aromatic rings. The summed E-state index contributed by atoms with van der Waals surface area (Å²) in [5.74, 6) is -0.333. The molecule has 10 nitrogen and oxygen atoms in total. The van der Waals surface area contributed by atoms with Crippen molar-refractivity contribution in [2.24, 2.45) is 5.73 Å². The molecule has 2 amide bonds. The largest absolute Gasteiger partial charge is 0.370 e. The van der Waals surface area contributed by atoms with Crippen molar-refractivity contribution < 1.29 is 14.5 Å². The topological polar surface area (TPSA) is 146 Å². The second-order valence-electron chi connectivity index (χ2n) is 5.76. The molecule has 2 aromatic heterocycles. The minimum atomic E-state index is -0.559. The van der Waals surface area contributed by atoms with Crippen LogP contribution in [0.3, 0.4) is 0 Å². The average Bonchev–Trinajstić information content (AvgIpc) is 3.34. The summed E-state index contributed by atoms with van der Waals surface area (Å²) in [4.78, 5) is 34.9. The molecule has 150 valence electrons. The molecule has 0 aliphatic rings. The van der Waals surface area contributed by atoms with Crippen LogP contribution >= 0.6 is 23.1 Å². The number of hydrogen-bond donors (Lipinski definition) is 2. The van der Waals surface area contributed by atoms with Gasteiger partial charge in [-0.3, -0.25) is 19.7 Å². The van der Waals surface area contributed by atoms with Crippen molar-refractivity contribution in [3.8, 4) is 10.7 Å².